The van der Waals surface area contributed by atoms with Gasteiger partial charge in [0.15, 0.2) is 0 Å². The zero-order valence-electron chi connectivity index (χ0n) is 16.0. The summed E-state index contributed by atoms with van der Waals surface area (Å²) >= 11 is 0. The molecule has 1 aromatic heterocycles. The minimum absolute atomic E-state index is 0.200. The lowest BCUT2D eigenvalue weighted by Crippen LogP contribution is -2.32. The summed E-state index contributed by atoms with van der Waals surface area (Å²) in [6.07, 6.45) is 2.76. The van der Waals surface area contributed by atoms with Crippen molar-refractivity contribution in [3.8, 4) is 16.9 Å². The van der Waals surface area contributed by atoms with Gasteiger partial charge in [-0.05, 0) is 57.0 Å². The Kier molecular flexibility index (Phi) is 6.39. The summed E-state index contributed by atoms with van der Waals surface area (Å²) < 4.78 is 11.0. The highest BCUT2D eigenvalue weighted by molar-refractivity contribution is 5.99. The summed E-state index contributed by atoms with van der Waals surface area (Å²) in [7, 11) is 0. The largest absolute Gasteiger partial charge is 0.492 e. The molecule has 0 aliphatic heterocycles. The maximum Gasteiger partial charge on any atom is 0.407 e. The maximum absolute atomic E-state index is 12.0. The number of nitrogens with one attached hydrogen (secondary N) is 1. The number of nitrogens with zero attached hydrogens (tertiary/aromatic N) is 1. The summed E-state index contributed by atoms with van der Waals surface area (Å²) in [4.78, 5) is 27.9. The molecule has 0 radical (unpaired) electrons. The molecule has 1 aromatic carbocycles. The zero-order valence-corrected chi connectivity index (χ0v) is 16.0. The highest BCUT2D eigenvalue weighted by atomic mass is 16.6. The molecular formula is C20H25N3O4. The average molecular weight is 371 g/mol. The molecule has 3 N–H and O–H groups in total. The van der Waals surface area contributed by atoms with Gasteiger partial charge in [-0.1, -0.05) is 6.07 Å². The maximum atomic E-state index is 12.0. The van der Waals surface area contributed by atoms with Gasteiger partial charge in [-0.25, -0.2) is 4.79 Å². The van der Waals surface area contributed by atoms with Crippen molar-refractivity contribution in [3.05, 3.63) is 47.8 Å². The van der Waals surface area contributed by atoms with E-state index >= 15 is 0 Å². The number of hydrogen-bond acceptors (Lipinski definition) is 5. The van der Waals surface area contributed by atoms with Crippen molar-refractivity contribution in [1.29, 1.82) is 0 Å². The van der Waals surface area contributed by atoms with Crippen LogP contribution in [0.5, 0.6) is 5.75 Å². The Morgan fingerprint density at radius 1 is 1.15 bits per heavy atom. The van der Waals surface area contributed by atoms with Crippen LogP contribution in [0, 0.1) is 0 Å². The molecule has 2 rings (SSSR count). The van der Waals surface area contributed by atoms with Crippen LogP contribution >= 0.6 is 0 Å². The molecule has 2 aromatic rings. The Balaban J connectivity index is 2.46. The molecule has 0 aliphatic carbocycles. The highest BCUT2D eigenvalue weighted by Crippen LogP contribution is 2.36. The Morgan fingerprint density at radius 3 is 2.37 bits per heavy atom. The summed E-state index contributed by atoms with van der Waals surface area (Å²) in [5.74, 6) is -0.194. The second kappa shape index (κ2) is 8.53. The number of ether oxygens (including phenoxy) is 2. The first-order valence-corrected chi connectivity index (χ1v) is 8.68. The summed E-state index contributed by atoms with van der Waals surface area (Å²) in [6, 6.07) is 6.96. The van der Waals surface area contributed by atoms with Crippen molar-refractivity contribution in [2.75, 3.05) is 6.61 Å². The fourth-order valence-electron chi connectivity index (χ4n) is 2.58. The molecule has 144 valence electrons. The van der Waals surface area contributed by atoms with E-state index < -0.39 is 17.6 Å². The van der Waals surface area contributed by atoms with Crippen LogP contribution < -0.4 is 15.8 Å². The van der Waals surface area contributed by atoms with Crippen molar-refractivity contribution in [2.24, 2.45) is 5.73 Å². The van der Waals surface area contributed by atoms with E-state index in [2.05, 4.69) is 10.3 Å². The number of aromatic nitrogens is 1. The first-order chi connectivity index (χ1) is 12.7. The molecule has 0 atom stereocenters. The molecule has 7 nitrogen and oxygen atoms in total. The minimum Gasteiger partial charge on any atom is -0.492 e. The first-order valence-electron chi connectivity index (χ1n) is 8.68. The van der Waals surface area contributed by atoms with Crippen LogP contribution in [0.4, 0.5) is 4.79 Å². The molecule has 0 saturated heterocycles. The van der Waals surface area contributed by atoms with Gasteiger partial charge in [-0.15, -0.1) is 0 Å². The minimum atomic E-state index is -0.593. The van der Waals surface area contributed by atoms with Gasteiger partial charge in [0.05, 0.1) is 12.2 Å². The number of amides is 2. The molecule has 7 heteroatoms. The van der Waals surface area contributed by atoms with Crippen LogP contribution in [0.1, 0.15) is 43.6 Å². The lowest BCUT2D eigenvalue weighted by molar-refractivity contribution is 0.0523. The number of nitrogens with two attached hydrogens (primary N) is 1. The number of rotatable bonds is 6. The van der Waals surface area contributed by atoms with Gasteiger partial charge < -0.3 is 20.5 Å². The van der Waals surface area contributed by atoms with E-state index in [1.165, 1.54) is 0 Å². The van der Waals surface area contributed by atoms with E-state index in [-0.39, 0.29) is 12.1 Å². The number of carbonyl (C=O) groups is 2. The van der Waals surface area contributed by atoms with E-state index in [0.717, 1.165) is 11.1 Å². The highest BCUT2D eigenvalue weighted by Gasteiger charge is 2.21. The number of carbonyl (C=O) groups excluding carboxylic acids is 2. The second-order valence-corrected chi connectivity index (χ2v) is 6.86. The number of alkyl carbamates (subject to hydrolysis) is 1. The number of pyridine rings is 1. The average Bonchev–Trinajstić information content (AvgIpc) is 2.59. The van der Waals surface area contributed by atoms with E-state index in [1.54, 1.807) is 57.4 Å². The van der Waals surface area contributed by atoms with Gasteiger partial charge in [-0.2, -0.15) is 0 Å². The van der Waals surface area contributed by atoms with Crippen molar-refractivity contribution < 1.29 is 19.1 Å². The van der Waals surface area contributed by atoms with Crippen LogP contribution in [-0.4, -0.2) is 29.2 Å². The molecule has 0 spiro atoms. The molecule has 27 heavy (non-hydrogen) atoms. The molecule has 0 fully saturated rings. The Hall–Kier alpha value is -3.09. The Morgan fingerprint density at radius 2 is 1.81 bits per heavy atom. The quantitative estimate of drug-likeness (QED) is 0.811. The fraction of sp³-hybridized carbons (Fsp3) is 0.350. The van der Waals surface area contributed by atoms with E-state index in [9.17, 15) is 9.59 Å². The predicted molar refractivity (Wildman–Crippen MR) is 102 cm³/mol. The zero-order chi connectivity index (χ0) is 20.0. The molecule has 0 aliphatic rings. The number of primary amides is 1. The van der Waals surface area contributed by atoms with Crippen molar-refractivity contribution in [3.63, 3.8) is 0 Å². The molecule has 2 amide bonds. The molecule has 0 unspecified atom stereocenters. The number of benzene rings is 1. The van der Waals surface area contributed by atoms with E-state index in [1.807, 2.05) is 6.92 Å². The van der Waals surface area contributed by atoms with Crippen LogP contribution in [0.15, 0.2) is 36.7 Å². The summed E-state index contributed by atoms with van der Waals surface area (Å²) in [6.45, 7) is 7.77. The SMILES string of the molecule is CCOc1c(C(N)=O)ccc(CNC(=O)OC(C)(C)C)c1-c1ccncc1. The monoisotopic (exact) mass is 371 g/mol. The third-order valence-electron chi connectivity index (χ3n) is 3.59. The van der Waals surface area contributed by atoms with Gasteiger partial charge in [0.25, 0.3) is 5.91 Å². The van der Waals surface area contributed by atoms with E-state index in [4.69, 9.17) is 15.2 Å². The summed E-state index contributed by atoms with van der Waals surface area (Å²) in [5, 5.41) is 2.74. The van der Waals surface area contributed by atoms with Gasteiger partial charge >= 0.3 is 6.09 Å². The van der Waals surface area contributed by atoms with Gasteiger partial charge in [-0.3, -0.25) is 9.78 Å². The topological polar surface area (TPSA) is 104 Å². The molecule has 0 bridgehead atoms. The van der Waals surface area contributed by atoms with Crippen LogP contribution in [-0.2, 0) is 11.3 Å². The molecular weight excluding hydrogens is 346 g/mol. The smallest absolute Gasteiger partial charge is 0.407 e. The Labute approximate surface area is 158 Å². The molecule has 1 heterocycles. The Bertz CT molecular complexity index is 814. The second-order valence-electron chi connectivity index (χ2n) is 6.86. The third-order valence-corrected chi connectivity index (χ3v) is 3.59. The normalized spacial score (nSPS) is 11.0. The fourth-order valence-corrected chi connectivity index (χ4v) is 2.58. The molecule has 0 saturated carbocycles. The van der Waals surface area contributed by atoms with Crippen LogP contribution in [0.3, 0.4) is 0 Å². The van der Waals surface area contributed by atoms with Gasteiger partial charge in [0.2, 0.25) is 0 Å². The summed E-state index contributed by atoms with van der Waals surface area (Å²) in [5.41, 5.74) is 7.46. The van der Waals surface area contributed by atoms with Crippen molar-refractivity contribution in [1.82, 2.24) is 10.3 Å². The van der Waals surface area contributed by atoms with Gasteiger partial charge in [0.1, 0.15) is 11.4 Å². The van der Waals surface area contributed by atoms with Crippen molar-refractivity contribution in [2.45, 2.75) is 39.8 Å². The lowest BCUT2D eigenvalue weighted by atomic mass is 9.95. The number of hydrogen-bond donors (Lipinski definition) is 2. The van der Waals surface area contributed by atoms with Gasteiger partial charge in [0, 0.05) is 24.5 Å². The lowest BCUT2D eigenvalue weighted by Gasteiger charge is -2.21. The first kappa shape index (κ1) is 20.2. The predicted octanol–water partition coefficient (Wildman–Crippen LogP) is 3.27. The standard InChI is InChI=1S/C20H25N3O4/c1-5-26-17-15(18(21)24)7-6-14(12-23-19(25)27-20(2,3)4)16(17)13-8-10-22-11-9-13/h6-11H,5,12H2,1-4H3,(H2,21,24)(H,23,25). The van der Waals surface area contributed by atoms with E-state index in [0.29, 0.717) is 17.9 Å². The third kappa shape index (κ3) is 5.44. The van der Waals surface area contributed by atoms with Crippen LogP contribution in [0.25, 0.3) is 11.1 Å². The van der Waals surface area contributed by atoms with Crippen molar-refractivity contribution >= 4 is 12.0 Å². The van der Waals surface area contributed by atoms with Crippen LogP contribution in [0.2, 0.25) is 0 Å².